The average Bonchev–Trinajstić information content (AvgIpc) is 2.39. The zero-order valence-corrected chi connectivity index (χ0v) is 10.9. The summed E-state index contributed by atoms with van der Waals surface area (Å²) < 4.78 is 0. The third-order valence-corrected chi connectivity index (χ3v) is 4.02. The van der Waals surface area contributed by atoms with E-state index in [-0.39, 0.29) is 0 Å². The number of hydrogen-bond acceptors (Lipinski definition) is 3. The van der Waals surface area contributed by atoms with E-state index in [1.54, 1.807) is 6.07 Å². The van der Waals surface area contributed by atoms with Gasteiger partial charge in [0.25, 0.3) is 0 Å². The van der Waals surface area contributed by atoms with Crippen molar-refractivity contribution in [2.45, 2.75) is 32.6 Å². The Hall–Kier alpha value is -1.69. The van der Waals surface area contributed by atoms with Gasteiger partial charge in [0.05, 0.1) is 23.0 Å². The molecule has 0 aromatic heterocycles. The van der Waals surface area contributed by atoms with Crippen molar-refractivity contribution in [2.75, 3.05) is 17.6 Å². The highest BCUT2D eigenvalue weighted by Gasteiger charge is 2.20. The largest absolute Gasteiger partial charge is 0.397 e. The smallest absolute Gasteiger partial charge is 0.0992 e. The van der Waals surface area contributed by atoms with E-state index in [2.05, 4.69) is 18.3 Å². The maximum atomic E-state index is 8.80. The van der Waals surface area contributed by atoms with Crippen molar-refractivity contribution in [2.24, 2.45) is 11.8 Å². The van der Waals surface area contributed by atoms with Gasteiger partial charge in [-0.2, -0.15) is 5.26 Å². The van der Waals surface area contributed by atoms with Crippen LogP contribution >= 0.6 is 0 Å². The molecule has 0 heterocycles. The predicted octanol–water partition coefficient (Wildman–Crippen LogP) is 3.38. The summed E-state index contributed by atoms with van der Waals surface area (Å²) in [5.74, 6) is 1.54. The number of rotatable bonds is 3. The number of nitrogens with two attached hydrogens (primary N) is 1. The molecule has 1 aromatic carbocycles. The topological polar surface area (TPSA) is 61.8 Å². The minimum atomic E-state index is 0.615. The Morgan fingerprint density at radius 1 is 1.39 bits per heavy atom. The predicted molar refractivity (Wildman–Crippen MR) is 75.2 cm³/mol. The van der Waals surface area contributed by atoms with Crippen molar-refractivity contribution in [3.63, 3.8) is 0 Å². The minimum absolute atomic E-state index is 0.615. The molecule has 0 radical (unpaired) electrons. The first-order chi connectivity index (χ1) is 8.70. The highest BCUT2D eigenvalue weighted by Crippen LogP contribution is 2.30. The van der Waals surface area contributed by atoms with E-state index in [1.807, 2.05) is 12.1 Å². The lowest BCUT2D eigenvalue weighted by atomic mass is 9.80. The van der Waals surface area contributed by atoms with Crippen LogP contribution in [0, 0.1) is 23.2 Å². The van der Waals surface area contributed by atoms with Crippen LogP contribution in [0.25, 0.3) is 0 Å². The van der Waals surface area contributed by atoms with Crippen LogP contribution in [-0.4, -0.2) is 6.54 Å². The Labute approximate surface area is 109 Å². The average molecular weight is 243 g/mol. The quantitative estimate of drug-likeness (QED) is 0.800. The number of anilines is 2. The molecular weight excluding hydrogens is 222 g/mol. The second-order valence-electron chi connectivity index (χ2n) is 5.32. The summed E-state index contributed by atoms with van der Waals surface area (Å²) in [5, 5.41) is 12.2. The normalized spacial score (nSPS) is 23.3. The molecule has 2 unspecified atom stereocenters. The summed E-state index contributed by atoms with van der Waals surface area (Å²) in [6.45, 7) is 3.32. The van der Waals surface area contributed by atoms with Gasteiger partial charge in [0, 0.05) is 6.54 Å². The Kier molecular flexibility index (Phi) is 4.09. The first-order valence-electron chi connectivity index (χ1n) is 6.74. The lowest BCUT2D eigenvalue weighted by Gasteiger charge is -2.29. The molecule has 3 N–H and O–H groups in total. The molecule has 3 heteroatoms. The van der Waals surface area contributed by atoms with E-state index >= 15 is 0 Å². The lowest BCUT2D eigenvalue weighted by Crippen LogP contribution is -2.24. The van der Waals surface area contributed by atoms with Gasteiger partial charge in [-0.1, -0.05) is 26.2 Å². The summed E-state index contributed by atoms with van der Waals surface area (Å²) >= 11 is 0. The van der Waals surface area contributed by atoms with Crippen molar-refractivity contribution in [1.29, 1.82) is 5.26 Å². The maximum Gasteiger partial charge on any atom is 0.0992 e. The van der Waals surface area contributed by atoms with Crippen LogP contribution in [0.1, 0.15) is 38.2 Å². The maximum absolute atomic E-state index is 8.80. The summed E-state index contributed by atoms with van der Waals surface area (Å²) in [6, 6.07) is 7.54. The summed E-state index contributed by atoms with van der Waals surface area (Å²) in [6.07, 6.45) is 5.37. The number of hydrogen-bond donors (Lipinski definition) is 2. The highest BCUT2D eigenvalue weighted by atomic mass is 14.9. The zero-order chi connectivity index (χ0) is 13.0. The molecule has 0 spiro atoms. The van der Waals surface area contributed by atoms with E-state index in [4.69, 9.17) is 11.0 Å². The van der Waals surface area contributed by atoms with E-state index in [1.165, 1.54) is 25.7 Å². The Bertz CT molecular complexity index is 448. The van der Waals surface area contributed by atoms with E-state index in [0.29, 0.717) is 11.3 Å². The van der Waals surface area contributed by atoms with Gasteiger partial charge < -0.3 is 11.1 Å². The molecule has 0 saturated heterocycles. The monoisotopic (exact) mass is 243 g/mol. The van der Waals surface area contributed by atoms with Crippen LogP contribution in [0.15, 0.2) is 18.2 Å². The van der Waals surface area contributed by atoms with Crippen LogP contribution < -0.4 is 11.1 Å². The molecule has 3 nitrogen and oxygen atoms in total. The van der Waals surface area contributed by atoms with Crippen LogP contribution in [0.2, 0.25) is 0 Å². The van der Waals surface area contributed by atoms with Gasteiger partial charge >= 0.3 is 0 Å². The van der Waals surface area contributed by atoms with Crippen LogP contribution in [0.3, 0.4) is 0 Å². The molecule has 2 atom stereocenters. The van der Waals surface area contributed by atoms with Gasteiger partial charge in [-0.3, -0.25) is 0 Å². The molecule has 96 valence electrons. The Morgan fingerprint density at radius 2 is 2.17 bits per heavy atom. The molecule has 0 amide bonds. The van der Waals surface area contributed by atoms with Crippen molar-refractivity contribution in [3.8, 4) is 6.07 Å². The first-order valence-corrected chi connectivity index (χ1v) is 6.74. The minimum Gasteiger partial charge on any atom is -0.397 e. The molecule has 1 aliphatic carbocycles. The van der Waals surface area contributed by atoms with Crippen LogP contribution in [0.4, 0.5) is 11.4 Å². The summed E-state index contributed by atoms with van der Waals surface area (Å²) in [4.78, 5) is 0. The third-order valence-electron chi connectivity index (χ3n) is 4.02. The Balaban J connectivity index is 1.95. The third kappa shape index (κ3) is 2.95. The van der Waals surface area contributed by atoms with Gasteiger partial charge in [0.15, 0.2) is 0 Å². The van der Waals surface area contributed by atoms with Gasteiger partial charge in [0.2, 0.25) is 0 Å². The van der Waals surface area contributed by atoms with Crippen molar-refractivity contribution in [3.05, 3.63) is 23.8 Å². The second kappa shape index (κ2) is 5.77. The standard InChI is InChI=1S/C15H21N3/c1-11-4-2-3-5-13(11)10-18-15-7-6-12(9-16)8-14(15)17/h6-8,11,13,18H,2-5,10,17H2,1H3. The molecule has 0 aliphatic heterocycles. The molecule has 1 aromatic rings. The molecule has 1 fully saturated rings. The van der Waals surface area contributed by atoms with Crippen molar-refractivity contribution in [1.82, 2.24) is 0 Å². The molecule has 0 bridgehead atoms. The molecule has 1 saturated carbocycles. The zero-order valence-electron chi connectivity index (χ0n) is 10.9. The van der Waals surface area contributed by atoms with E-state index < -0.39 is 0 Å². The van der Waals surface area contributed by atoms with E-state index in [0.717, 1.165) is 24.1 Å². The molecule has 18 heavy (non-hydrogen) atoms. The fourth-order valence-corrected chi connectivity index (χ4v) is 2.73. The Morgan fingerprint density at radius 3 is 2.83 bits per heavy atom. The SMILES string of the molecule is CC1CCCCC1CNc1ccc(C#N)cc1N. The lowest BCUT2D eigenvalue weighted by molar-refractivity contribution is 0.268. The van der Waals surface area contributed by atoms with Gasteiger partial charge in [0.1, 0.15) is 0 Å². The summed E-state index contributed by atoms with van der Waals surface area (Å²) in [7, 11) is 0. The molecule has 1 aliphatic rings. The molecular formula is C15H21N3. The fraction of sp³-hybridized carbons (Fsp3) is 0.533. The fourth-order valence-electron chi connectivity index (χ4n) is 2.73. The highest BCUT2D eigenvalue weighted by molar-refractivity contribution is 5.68. The summed E-state index contributed by atoms with van der Waals surface area (Å²) in [5.41, 5.74) is 8.16. The number of nitrogens with one attached hydrogen (secondary N) is 1. The molecule has 2 rings (SSSR count). The van der Waals surface area contributed by atoms with Crippen LogP contribution in [0.5, 0.6) is 0 Å². The van der Waals surface area contributed by atoms with Crippen LogP contribution in [-0.2, 0) is 0 Å². The number of nitrogen functional groups attached to an aromatic ring is 1. The van der Waals surface area contributed by atoms with Gasteiger partial charge in [-0.05, 0) is 36.5 Å². The number of nitriles is 1. The van der Waals surface area contributed by atoms with Crippen molar-refractivity contribution < 1.29 is 0 Å². The first kappa shape index (κ1) is 12.8. The van der Waals surface area contributed by atoms with Crippen molar-refractivity contribution >= 4 is 11.4 Å². The van der Waals surface area contributed by atoms with Gasteiger partial charge in [-0.25, -0.2) is 0 Å². The second-order valence-corrected chi connectivity index (χ2v) is 5.32. The van der Waals surface area contributed by atoms with E-state index in [9.17, 15) is 0 Å². The van der Waals surface area contributed by atoms with Gasteiger partial charge in [-0.15, -0.1) is 0 Å². The number of benzene rings is 1. The number of nitrogens with zero attached hydrogens (tertiary/aromatic N) is 1.